The standard InChI is InChI=1S/C16H22N2O2/c1-5-18(6-2)8-7-12-9-10(3)14-13(11(12)4)15(19)16(20)17-14/h9H,5-8H2,1-4H3,(H,17,19,20). The molecule has 2 rings (SSSR count). The first-order valence-electron chi connectivity index (χ1n) is 7.20. The Bertz CT molecular complexity index is 560. The first kappa shape index (κ1) is 14.7. The van der Waals surface area contributed by atoms with Crippen molar-refractivity contribution in [1.29, 1.82) is 0 Å². The third-order valence-electron chi connectivity index (χ3n) is 4.16. The number of hydrogen-bond acceptors (Lipinski definition) is 3. The van der Waals surface area contributed by atoms with Crippen molar-refractivity contribution in [3.05, 3.63) is 28.3 Å². The van der Waals surface area contributed by atoms with Crippen LogP contribution in [0.5, 0.6) is 0 Å². The van der Waals surface area contributed by atoms with Crippen molar-refractivity contribution in [2.24, 2.45) is 0 Å². The fourth-order valence-electron chi connectivity index (χ4n) is 2.79. The summed E-state index contributed by atoms with van der Waals surface area (Å²) in [4.78, 5) is 25.8. The lowest BCUT2D eigenvalue weighted by Crippen LogP contribution is -2.25. The fourth-order valence-corrected chi connectivity index (χ4v) is 2.79. The highest BCUT2D eigenvalue weighted by molar-refractivity contribution is 6.52. The van der Waals surface area contributed by atoms with Gasteiger partial charge in [-0.05, 0) is 50.0 Å². The molecule has 1 amide bonds. The van der Waals surface area contributed by atoms with Crippen molar-refractivity contribution in [3.63, 3.8) is 0 Å². The van der Waals surface area contributed by atoms with Gasteiger partial charge in [-0.3, -0.25) is 9.59 Å². The second-order valence-electron chi connectivity index (χ2n) is 5.29. The highest BCUT2D eigenvalue weighted by Gasteiger charge is 2.31. The molecular formula is C16H22N2O2. The summed E-state index contributed by atoms with van der Waals surface area (Å²) in [5.74, 6) is -0.905. The number of aryl methyl sites for hydroxylation is 1. The molecule has 20 heavy (non-hydrogen) atoms. The number of nitrogens with one attached hydrogen (secondary N) is 1. The Labute approximate surface area is 120 Å². The van der Waals surface area contributed by atoms with Gasteiger partial charge in [0.05, 0.1) is 11.3 Å². The molecule has 0 aliphatic carbocycles. The maximum atomic E-state index is 11.9. The van der Waals surface area contributed by atoms with Gasteiger partial charge >= 0.3 is 0 Å². The number of carbonyl (C=O) groups excluding carboxylic acids is 2. The molecule has 1 N–H and O–H groups in total. The number of rotatable bonds is 5. The predicted octanol–water partition coefficient (Wildman–Crippen LogP) is 2.32. The Morgan fingerprint density at radius 3 is 2.40 bits per heavy atom. The number of amides is 1. The molecule has 1 heterocycles. The minimum absolute atomic E-state index is 0.398. The van der Waals surface area contributed by atoms with Crippen LogP contribution in [0.1, 0.15) is 40.9 Å². The molecule has 0 aromatic heterocycles. The highest BCUT2D eigenvalue weighted by Crippen LogP contribution is 2.32. The van der Waals surface area contributed by atoms with Crippen molar-refractivity contribution >= 4 is 17.4 Å². The molecule has 1 aromatic carbocycles. The SMILES string of the molecule is CCN(CC)CCc1cc(C)c2c(c1C)C(=O)C(=O)N2. The monoisotopic (exact) mass is 274 g/mol. The lowest BCUT2D eigenvalue weighted by Gasteiger charge is -2.19. The van der Waals surface area contributed by atoms with Gasteiger partial charge in [0.15, 0.2) is 0 Å². The maximum absolute atomic E-state index is 11.9. The van der Waals surface area contributed by atoms with Gasteiger partial charge in [-0.2, -0.15) is 0 Å². The molecule has 4 nitrogen and oxygen atoms in total. The van der Waals surface area contributed by atoms with Crippen LogP contribution >= 0.6 is 0 Å². The molecule has 0 unspecified atom stereocenters. The van der Waals surface area contributed by atoms with Crippen molar-refractivity contribution in [3.8, 4) is 0 Å². The molecule has 1 aliphatic rings. The second kappa shape index (κ2) is 5.75. The lowest BCUT2D eigenvalue weighted by atomic mass is 9.94. The lowest BCUT2D eigenvalue weighted by molar-refractivity contribution is -0.112. The highest BCUT2D eigenvalue weighted by atomic mass is 16.2. The Morgan fingerprint density at radius 1 is 1.15 bits per heavy atom. The van der Waals surface area contributed by atoms with Gasteiger partial charge in [0.2, 0.25) is 0 Å². The van der Waals surface area contributed by atoms with E-state index in [9.17, 15) is 9.59 Å². The van der Waals surface area contributed by atoms with Gasteiger partial charge in [0.25, 0.3) is 11.7 Å². The van der Waals surface area contributed by atoms with E-state index in [0.29, 0.717) is 11.3 Å². The number of anilines is 1. The molecule has 0 bridgehead atoms. The third kappa shape index (κ3) is 2.48. The van der Waals surface area contributed by atoms with Gasteiger partial charge < -0.3 is 10.2 Å². The van der Waals surface area contributed by atoms with Crippen LogP contribution in [-0.4, -0.2) is 36.2 Å². The zero-order valence-electron chi connectivity index (χ0n) is 12.7. The van der Waals surface area contributed by atoms with Crippen LogP contribution in [0.3, 0.4) is 0 Å². The average molecular weight is 274 g/mol. The molecule has 0 fully saturated rings. The molecule has 108 valence electrons. The second-order valence-corrected chi connectivity index (χ2v) is 5.29. The molecule has 0 spiro atoms. The van der Waals surface area contributed by atoms with Crippen molar-refractivity contribution < 1.29 is 9.59 Å². The van der Waals surface area contributed by atoms with Gasteiger partial charge in [0, 0.05) is 6.54 Å². The Kier molecular flexibility index (Phi) is 4.23. The zero-order valence-corrected chi connectivity index (χ0v) is 12.7. The van der Waals surface area contributed by atoms with E-state index in [0.717, 1.165) is 42.7 Å². The summed E-state index contributed by atoms with van der Waals surface area (Å²) in [5, 5.41) is 2.67. The summed E-state index contributed by atoms with van der Waals surface area (Å²) in [6, 6.07) is 2.09. The number of nitrogens with zero attached hydrogens (tertiary/aromatic N) is 1. The Balaban J connectivity index is 2.31. The van der Waals surface area contributed by atoms with Crippen LogP contribution in [0.15, 0.2) is 6.07 Å². The van der Waals surface area contributed by atoms with Crippen LogP contribution in [0.4, 0.5) is 5.69 Å². The zero-order chi connectivity index (χ0) is 14.9. The summed E-state index contributed by atoms with van der Waals surface area (Å²) in [6.07, 6.45) is 0.906. The Morgan fingerprint density at radius 2 is 1.80 bits per heavy atom. The van der Waals surface area contributed by atoms with Crippen LogP contribution in [0.25, 0.3) is 0 Å². The van der Waals surface area contributed by atoms with Crippen molar-refractivity contribution in [2.75, 3.05) is 25.0 Å². The number of carbonyl (C=O) groups is 2. The third-order valence-corrected chi connectivity index (χ3v) is 4.16. The van der Waals surface area contributed by atoms with E-state index in [-0.39, 0.29) is 0 Å². The maximum Gasteiger partial charge on any atom is 0.296 e. The quantitative estimate of drug-likeness (QED) is 0.838. The van der Waals surface area contributed by atoms with E-state index in [1.807, 2.05) is 13.8 Å². The molecular weight excluding hydrogens is 252 g/mol. The van der Waals surface area contributed by atoms with Gasteiger partial charge in [0.1, 0.15) is 0 Å². The van der Waals surface area contributed by atoms with Crippen LogP contribution in [-0.2, 0) is 11.2 Å². The minimum Gasteiger partial charge on any atom is -0.318 e. The van der Waals surface area contributed by atoms with Crippen molar-refractivity contribution in [2.45, 2.75) is 34.1 Å². The van der Waals surface area contributed by atoms with Crippen LogP contribution in [0.2, 0.25) is 0 Å². The van der Waals surface area contributed by atoms with E-state index in [4.69, 9.17) is 0 Å². The molecule has 1 aliphatic heterocycles. The summed E-state index contributed by atoms with van der Waals surface area (Å²) in [6.45, 7) is 11.2. The molecule has 0 atom stereocenters. The van der Waals surface area contributed by atoms with Gasteiger partial charge in [-0.25, -0.2) is 0 Å². The van der Waals surface area contributed by atoms with E-state index < -0.39 is 11.7 Å². The van der Waals surface area contributed by atoms with Gasteiger partial charge in [-0.1, -0.05) is 19.9 Å². The molecule has 4 heteroatoms. The van der Waals surface area contributed by atoms with Crippen molar-refractivity contribution in [1.82, 2.24) is 4.90 Å². The van der Waals surface area contributed by atoms with E-state index in [2.05, 4.69) is 30.1 Å². The number of ketones is 1. The van der Waals surface area contributed by atoms with Crippen LogP contribution in [0, 0.1) is 13.8 Å². The topological polar surface area (TPSA) is 49.4 Å². The number of benzene rings is 1. The summed E-state index contributed by atoms with van der Waals surface area (Å²) in [7, 11) is 0. The number of hydrogen-bond donors (Lipinski definition) is 1. The molecule has 0 saturated heterocycles. The Hall–Kier alpha value is -1.68. The normalized spacial score (nSPS) is 13.8. The van der Waals surface area contributed by atoms with Gasteiger partial charge in [-0.15, -0.1) is 0 Å². The molecule has 0 radical (unpaired) electrons. The first-order chi connectivity index (χ1) is 9.49. The minimum atomic E-state index is -0.507. The first-order valence-corrected chi connectivity index (χ1v) is 7.20. The molecule has 1 aromatic rings. The summed E-state index contributed by atoms with van der Waals surface area (Å²) in [5.41, 5.74) is 4.35. The fraction of sp³-hybridized carbons (Fsp3) is 0.500. The smallest absolute Gasteiger partial charge is 0.296 e. The number of Topliss-reactive ketones (excluding diaryl/α,β-unsaturated/α-hetero) is 1. The number of fused-ring (bicyclic) bond motifs is 1. The van der Waals surface area contributed by atoms with E-state index in [1.54, 1.807) is 0 Å². The van der Waals surface area contributed by atoms with Crippen LogP contribution < -0.4 is 5.32 Å². The summed E-state index contributed by atoms with van der Waals surface area (Å²) < 4.78 is 0. The number of likely N-dealkylation sites (N-methyl/N-ethyl adjacent to an activating group) is 1. The van der Waals surface area contributed by atoms with E-state index in [1.165, 1.54) is 0 Å². The van der Waals surface area contributed by atoms with E-state index >= 15 is 0 Å². The predicted molar refractivity (Wildman–Crippen MR) is 80.4 cm³/mol. The summed E-state index contributed by atoms with van der Waals surface area (Å²) >= 11 is 0. The molecule has 0 saturated carbocycles. The average Bonchev–Trinajstić information content (AvgIpc) is 2.73. The largest absolute Gasteiger partial charge is 0.318 e.